The van der Waals surface area contributed by atoms with Crippen LogP contribution in [0.1, 0.15) is 32.5 Å². The van der Waals surface area contributed by atoms with Gasteiger partial charge < -0.3 is 10.4 Å². The number of rotatable bonds is 5. The van der Waals surface area contributed by atoms with Crippen LogP contribution in [-0.4, -0.2) is 23.2 Å². The van der Waals surface area contributed by atoms with Gasteiger partial charge in [-0.05, 0) is 19.1 Å². The lowest BCUT2D eigenvalue weighted by Crippen LogP contribution is -2.34. The van der Waals surface area contributed by atoms with Crippen LogP contribution in [0.15, 0.2) is 24.4 Å². The quantitative estimate of drug-likeness (QED) is 0.775. The van der Waals surface area contributed by atoms with Crippen LogP contribution < -0.4 is 5.32 Å². The van der Waals surface area contributed by atoms with Crippen LogP contribution in [0.25, 0.3) is 0 Å². The lowest BCUT2D eigenvalue weighted by molar-refractivity contribution is 0.153. The average Bonchev–Trinajstić information content (AvgIpc) is 2.27. The molecule has 0 aromatic carbocycles. The molecule has 0 saturated heterocycles. The standard InChI is InChI=1S/C12H20N2O/c1-10(11-6-4-5-7-13-11)14-8-12(2,3)9-15/h4-7,10,14-15H,8-9H2,1-3H3/t10-/m1/s1. The normalized spacial score (nSPS) is 13.9. The highest BCUT2D eigenvalue weighted by Gasteiger charge is 2.17. The molecule has 0 aliphatic carbocycles. The molecule has 3 heteroatoms. The van der Waals surface area contributed by atoms with Crippen LogP contribution in [0.5, 0.6) is 0 Å². The lowest BCUT2D eigenvalue weighted by Gasteiger charge is -2.24. The van der Waals surface area contributed by atoms with Crippen molar-refractivity contribution < 1.29 is 5.11 Å². The Hall–Kier alpha value is -0.930. The monoisotopic (exact) mass is 208 g/mol. The third kappa shape index (κ3) is 3.98. The summed E-state index contributed by atoms with van der Waals surface area (Å²) >= 11 is 0. The second-order valence-electron chi connectivity index (χ2n) is 4.68. The van der Waals surface area contributed by atoms with Gasteiger partial charge in [-0.1, -0.05) is 19.9 Å². The maximum atomic E-state index is 9.12. The van der Waals surface area contributed by atoms with Crippen LogP contribution in [0.4, 0.5) is 0 Å². The molecule has 1 aromatic rings. The Labute approximate surface area is 91.5 Å². The Balaban J connectivity index is 2.47. The molecule has 0 fully saturated rings. The minimum atomic E-state index is -0.0803. The van der Waals surface area contributed by atoms with Crippen LogP contribution in [0.2, 0.25) is 0 Å². The largest absolute Gasteiger partial charge is 0.396 e. The minimum Gasteiger partial charge on any atom is -0.396 e. The first-order valence-corrected chi connectivity index (χ1v) is 5.30. The second kappa shape index (κ2) is 5.24. The summed E-state index contributed by atoms with van der Waals surface area (Å²) < 4.78 is 0. The fourth-order valence-electron chi connectivity index (χ4n) is 1.22. The van der Waals surface area contributed by atoms with Crippen molar-refractivity contribution in [1.29, 1.82) is 0 Å². The summed E-state index contributed by atoms with van der Waals surface area (Å²) in [5.74, 6) is 0. The molecular formula is C12H20N2O. The molecular weight excluding hydrogens is 188 g/mol. The molecule has 1 heterocycles. The van der Waals surface area contributed by atoms with Gasteiger partial charge in [0.05, 0.1) is 5.69 Å². The number of aromatic nitrogens is 1. The van der Waals surface area contributed by atoms with E-state index in [0.717, 1.165) is 12.2 Å². The molecule has 0 aliphatic heterocycles. The minimum absolute atomic E-state index is 0.0803. The van der Waals surface area contributed by atoms with E-state index in [1.54, 1.807) is 6.20 Å². The number of pyridine rings is 1. The Bertz CT molecular complexity index is 285. The van der Waals surface area contributed by atoms with Crippen LogP contribution in [0.3, 0.4) is 0 Å². The van der Waals surface area contributed by atoms with E-state index in [1.165, 1.54) is 0 Å². The molecule has 0 bridgehead atoms. The van der Waals surface area contributed by atoms with Crippen molar-refractivity contribution in [2.45, 2.75) is 26.8 Å². The van der Waals surface area contributed by atoms with Crippen LogP contribution >= 0.6 is 0 Å². The molecule has 0 spiro atoms. The zero-order valence-electron chi connectivity index (χ0n) is 9.70. The molecule has 0 amide bonds. The Morgan fingerprint density at radius 1 is 1.47 bits per heavy atom. The number of nitrogens with one attached hydrogen (secondary N) is 1. The second-order valence-corrected chi connectivity index (χ2v) is 4.68. The third-order valence-corrected chi connectivity index (χ3v) is 2.45. The SMILES string of the molecule is C[C@@H](NCC(C)(C)CO)c1ccccn1. The zero-order valence-corrected chi connectivity index (χ0v) is 9.70. The van der Waals surface area contributed by atoms with E-state index < -0.39 is 0 Å². The molecule has 0 unspecified atom stereocenters. The summed E-state index contributed by atoms with van der Waals surface area (Å²) in [5, 5.41) is 12.5. The molecule has 15 heavy (non-hydrogen) atoms. The van der Waals surface area contributed by atoms with E-state index >= 15 is 0 Å². The van der Waals surface area contributed by atoms with Crippen molar-refractivity contribution in [2.24, 2.45) is 5.41 Å². The van der Waals surface area contributed by atoms with Gasteiger partial charge in [-0.25, -0.2) is 0 Å². The third-order valence-electron chi connectivity index (χ3n) is 2.45. The first kappa shape index (κ1) is 12.1. The molecule has 1 atom stereocenters. The van der Waals surface area contributed by atoms with Gasteiger partial charge in [0.25, 0.3) is 0 Å². The lowest BCUT2D eigenvalue weighted by atomic mass is 9.94. The molecule has 2 N–H and O–H groups in total. The predicted octanol–water partition coefficient (Wildman–Crippen LogP) is 1.75. The first-order valence-electron chi connectivity index (χ1n) is 5.30. The van der Waals surface area contributed by atoms with Gasteiger partial charge >= 0.3 is 0 Å². The summed E-state index contributed by atoms with van der Waals surface area (Å²) in [4.78, 5) is 4.28. The summed E-state index contributed by atoms with van der Waals surface area (Å²) in [7, 11) is 0. The fraction of sp³-hybridized carbons (Fsp3) is 0.583. The van der Waals surface area contributed by atoms with Crippen molar-refractivity contribution in [1.82, 2.24) is 10.3 Å². The Morgan fingerprint density at radius 2 is 2.20 bits per heavy atom. The van der Waals surface area contributed by atoms with Crippen molar-refractivity contribution >= 4 is 0 Å². The molecule has 1 aromatic heterocycles. The van der Waals surface area contributed by atoms with Crippen molar-refractivity contribution in [3.05, 3.63) is 30.1 Å². The maximum absolute atomic E-state index is 9.12. The van der Waals surface area contributed by atoms with Gasteiger partial charge in [0.2, 0.25) is 0 Å². The number of hydrogen-bond donors (Lipinski definition) is 2. The van der Waals surface area contributed by atoms with E-state index in [2.05, 4.69) is 17.2 Å². The van der Waals surface area contributed by atoms with Crippen molar-refractivity contribution in [2.75, 3.05) is 13.2 Å². The summed E-state index contributed by atoms with van der Waals surface area (Å²) in [6.45, 7) is 7.11. The van der Waals surface area contributed by atoms with Gasteiger partial charge in [-0.2, -0.15) is 0 Å². The Morgan fingerprint density at radius 3 is 2.73 bits per heavy atom. The van der Waals surface area contributed by atoms with E-state index in [4.69, 9.17) is 5.11 Å². The molecule has 0 radical (unpaired) electrons. The number of hydrogen-bond acceptors (Lipinski definition) is 3. The average molecular weight is 208 g/mol. The van der Waals surface area contributed by atoms with Gasteiger partial charge in [0.1, 0.15) is 0 Å². The van der Waals surface area contributed by atoms with Crippen molar-refractivity contribution in [3.63, 3.8) is 0 Å². The van der Waals surface area contributed by atoms with Crippen molar-refractivity contribution in [3.8, 4) is 0 Å². The predicted molar refractivity (Wildman–Crippen MR) is 61.5 cm³/mol. The highest BCUT2D eigenvalue weighted by atomic mass is 16.3. The Kier molecular flexibility index (Phi) is 4.24. The fourth-order valence-corrected chi connectivity index (χ4v) is 1.22. The van der Waals surface area contributed by atoms with Gasteiger partial charge in [-0.15, -0.1) is 0 Å². The molecule has 1 rings (SSSR count). The topological polar surface area (TPSA) is 45.1 Å². The number of nitrogens with zero attached hydrogens (tertiary/aromatic N) is 1. The van der Waals surface area contributed by atoms with E-state index in [-0.39, 0.29) is 18.1 Å². The van der Waals surface area contributed by atoms with Gasteiger partial charge in [0, 0.05) is 30.8 Å². The molecule has 84 valence electrons. The van der Waals surface area contributed by atoms with Crippen LogP contribution in [0, 0.1) is 5.41 Å². The first-order chi connectivity index (χ1) is 7.05. The van der Waals surface area contributed by atoms with E-state index in [9.17, 15) is 0 Å². The highest BCUT2D eigenvalue weighted by Crippen LogP contribution is 2.15. The summed E-state index contributed by atoms with van der Waals surface area (Å²) in [6, 6.07) is 6.12. The van der Waals surface area contributed by atoms with Crippen LogP contribution in [-0.2, 0) is 0 Å². The smallest absolute Gasteiger partial charge is 0.0570 e. The van der Waals surface area contributed by atoms with Gasteiger partial charge in [-0.3, -0.25) is 4.98 Å². The number of aliphatic hydroxyl groups excluding tert-OH is 1. The van der Waals surface area contributed by atoms with Gasteiger partial charge in [0.15, 0.2) is 0 Å². The van der Waals surface area contributed by atoms with E-state index in [1.807, 2.05) is 32.0 Å². The summed E-state index contributed by atoms with van der Waals surface area (Å²) in [6.07, 6.45) is 1.80. The highest BCUT2D eigenvalue weighted by molar-refractivity contribution is 5.07. The zero-order chi connectivity index (χ0) is 11.3. The summed E-state index contributed by atoms with van der Waals surface area (Å²) in [5.41, 5.74) is 0.953. The number of aliphatic hydroxyl groups is 1. The molecule has 3 nitrogen and oxygen atoms in total. The molecule has 0 saturated carbocycles. The maximum Gasteiger partial charge on any atom is 0.0570 e. The van der Waals surface area contributed by atoms with E-state index in [0.29, 0.717) is 0 Å². The molecule has 0 aliphatic rings.